The highest BCUT2D eigenvalue weighted by molar-refractivity contribution is 5.53. The zero-order valence-corrected chi connectivity index (χ0v) is 20.4. The summed E-state index contributed by atoms with van der Waals surface area (Å²) in [5.74, 6) is -0.286. The smallest absolute Gasteiger partial charge is 0.284 e. The molecule has 0 aliphatic heterocycles. The Bertz CT molecular complexity index is 1270. The number of aliphatic hydroxyl groups excluding tert-OH is 2. The summed E-state index contributed by atoms with van der Waals surface area (Å²) >= 11 is 0. The molecule has 38 heavy (non-hydrogen) atoms. The SMILES string of the molecule is O=[N+]([O-])c1ccc(N=Nc2ccc(N(CCOC(O)=C3C=CC=C3)CCOC(O)=C3C=CC=C3)cc2)cc1. The first-order valence-corrected chi connectivity index (χ1v) is 11.8. The molecule has 2 N–H and O–H groups in total. The van der Waals surface area contributed by atoms with Crippen LogP contribution >= 0.6 is 0 Å². The Morgan fingerprint density at radius 1 is 0.737 bits per heavy atom. The van der Waals surface area contributed by atoms with Crippen molar-refractivity contribution in [3.63, 3.8) is 0 Å². The molecule has 0 spiro atoms. The molecule has 2 aromatic rings. The maximum absolute atomic E-state index is 10.8. The number of hydrogen-bond donors (Lipinski definition) is 2. The fourth-order valence-corrected chi connectivity index (χ4v) is 3.56. The van der Waals surface area contributed by atoms with Crippen LogP contribution in [0.1, 0.15) is 0 Å². The van der Waals surface area contributed by atoms with Gasteiger partial charge >= 0.3 is 0 Å². The topological polar surface area (TPSA) is 130 Å². The van der Waals surface area contributed by atoms with E-state index in [9.17, 15) is 20.3 Å². The summed E-state index contributed by atoms with van der Waals surface area (Å²) in [4.78, 5) is 12.3. The van der Waals surface area contributed by atoms with Crippen LogP contribution in [0.25, 0.3) is 0 Å². The molecule has 0 fully saturated rings. The van der Waals surface area contributed by atoms with Crippen molar-refractivity contribution in [3.05, 3.63) is 130 Å². The van der Waals surface area contributed by atoms with Gasteiger partial charge in [0.05, 0.1) is 40.5 Å². The number of nitro groups is 1. The first-order valence-electron chi connectivity index (χ1n) is 11.8. The molecule has 4 rings (SSSR count). The minimum Gasteiger partial charge on any atom is -0.481 e. The Labute approximate surface area is 219 Å². The van der Waals surface area contributed by atoms with E-state index in [-0.39, 0.29) is 30.8 Å². The number of allylic oxidation sites excluding steroid dienone is 10. The van der Waals surface area contributed by atoms with Crippen molar-refractivity contribution in [2.24, 2.45) is 10.2 Å². The predicted molar refractivity (Wildman–Crippen MR) is 144 cm³/mol. The number of nitrogens with zero attached hydrogens (tertiary/aromatic N) is 4. The van der Waals surface area contributed by atoms with Crippen molar-refractivity contribution >= 4 is 22.7 Å². The van der Waals surface area contributed by atoms with Crippen LogP contribution in [0.5, 0.6) is 0 Å². The Balaban J connectivity index is 1.40. The van der Waals surface area contributed by atoms with Crippen LogP contribution in [0.2, 0.25) is 0 Å². The molecule has 0 atom stereocenters. The fourth-order valence-electron chi connectivity index (χ4n) is 3.56. The third-order valence-corrected chi connectivity index (χ3v) is 5.58. The quantitative estimate of drug-likeness (QED) is 0.140. The zero-order chi connectivity index (χ0) is 26.7. The normalized spacial score (nSPS) is 13.5. The molecule has 2 aromatic carbocycles. The molecule has 0 saturated heterocycles. The molecule has 0 aromatic heterocycles. The van der Waals surface area contributed by atoms with E-state index in [1.165, 1.54) is 24.3 Å². The number of nitro benzene ring substituents is 1. The van der Waals surface area contributed by atoms with Gasteiger partial charge in [0.15, 0.2) is 0 Å². The number of anilines is 1. The third kappa shape index (κ3) is 7.20. The predicted octanol–water partition coefficient (Wildman–Crippen LogP) is 6.64. The van der Waals surface area contributed by atoms with Crippen LogP contribution in [0.4, 0.5) is 22.7 Å². The van der Waals surface area contributed by atoms with Crippen LogP contribution in [-0.2, 0) is 9.47 Å². The summed E-state index contributed by atoms with van der Waals surface area (Å²) in [5, 5.41) is 39.4. The summed E-state index contributed by atoms with van der Waals surface area (Å²) in [7, 11) is 0. The van der Waals surface area contributed by atoms with E-state index in [1.807, 2.05) is 41.3 Å². The fraction of sp³-hybridized carbons (Fsp3) is 0.143. The second kappa shape index (κ2) is 12.7. The summed E-state index contributed by atoms with van der Waals surface area (Å²) in [5.41, 5.74) is 3.16. The Morgan fingerprint density at radius 3 is 1.58 bits per heavy atom. The van der Waals surface area contributed by atoms with Crippen molar-refractivity contribution in [1.29, 1.82) is 0 Å². The lowest BCUT2D eigenvalue weighted by Crippen LogP contribution is -2.31. The molecule has 194 valence electrons. The molecule has 0 radical (unpaired) electrons. The van der Waals surface area contributed by atoms with Gasteiger partial charge in [0.2, 0.25) is 0 Å². The molecule has 10 nitrogen and oxygen atoms in total. The average molecular weight is 515 g/mol. The first kappa shape index (κ1) is 26.0. The molecule has 0 saturated carbocycles. The highest BCUT2D eigenvalue weighted by Crippen LogP contribution is 2.24. The number of ether oxygens (including phenoxy) is 2. The number of aliphatic hydroxyl groups is 2. The van der Waals surface area contributed by atoms with Crippen molar-refractivity contribution in [3.8, 4) is 0 Å². The maximum Gasteiger partial charge on any atom is 0.284 e. The third-order valence-electron chi connectivity index (χ3n) is 5.58. The van der Waals surface area contributed by atoms with Gasteiger partial charge < -0.3 is 24.6 Å². The standard InChI is InChI=1S/C28H26N4O6/c33-27(21-5-1-2-6-21)37-19-17-31(18-20-38-28(34)22-7-3-4-8-22)25-13-9-23(10-14-25)29-30-24-11-15-26(16-12-24)32(35)36/h1-16,33-34H,17-20H2. The second-order valence-electron chi connectivity index (χ2n) is 8.13. The Kier molecular flexibility index (Phi) is 8.69. The summed E-state index contributed by atoms with van der Waals surface area (Å²) in [6.07, 6.45) is 14.3. The van der Waals surface area contributed by atoms with Gasteiger partial charge in [0.25, 0.3) is 17.6 Å². The van der Waals surface area contributed by atoms with E-state index in [2.05, 4.69) is 10.2 Å². The molecular weight excluding hydrogens is 488 g/mol. The summed E-state index contributed by atoms with van der Waals surface area (Å²) in [6.45, 7) is 1.32. The van der Waals surface area contributed by atoms with Crippen LogP contribution in [-0.4, -0.2) is 41.4 Å². The van der Waals surface area contributed by atoms with Crippen molar-refractivity contribution in [1.82, 2.24) is 0 Å². The van der Waals surface area contributed by atoms with Crippen molar-refractivity contribution in [2.75, 3.05) is 31.2 Å². The molecule has 0 unspecified atom stereocenters. The lowest BCUT2D eigenvalue weighted by molar-refractivity contribution is -0.384. The molecule has 2 aliphatic carbocycles. The van der Waals surface area contributed by atoms with Gasteiger partial charge in [-0.05, 0) is 60.7 Å². The van der Waals surface area contributed by atoms with E-state index in [0.717, 1.165) is 5.69 Å². The lowest BCUT2D eigenvalue weighted by atomic mass is 10.2. The number of non-ortho nitro benzene ring substituents is 1. The van der Waals surface area contributed by atoms with Gasteiger partial charge in [0, 0.05) is 17.8 Å². The Morgan fingerprint density at radius 2 is 1.16 bits per heavy atom. The highest BCUT2D eigenvalue weighted by Gasteiger charge is 2.11. The van der Waals surface area contributed by atoms with Gasteiger partial charge in [-0.2, -0.15) is 10.2 Å². The summed E-state index contributed by atoms with van der Waals surface area (Å²) in [6, 6.07) is 13.1. The Hall–Kier alpha value is -5.12. The van der Waals surface area contributed by atoms with Gasteiger partial charge in [0.1, 0.15) is 13.2 Å². The minimum atomic E-state index is -0.469. The number of rotatable bonds is 12. The molecule has 2 aliphatic rings. The number of hydrogen-bond acceptors (Lipinski definition) is 9. The molecule has 0 heterocycles. The first-order chi connectivity index (χ1) is 18.5. The van der Waals surface area contributed by atoms with Gasteiger partial charge in [-0.3, -0.25) is 10.1 Å². The molecular formula is C28H26N4O6. The van der Waals surface area contributed by atoms with Crippen molar-refractivity contribution in [2.45, 2.75) is 0 Å². The monoisotopic (exact) mass is 514 g/mol. The summed E-state index contributed by atoms with van der Waals surface area (Å²) < 4.78 is 11.0. The second-order valence-corrected chi connectivity index (χ2v) is 8.13. The van der Waals surface area contributed by atoms with Crippen molar-refractivity contribution < 1.29 is 24.6 Å². The number of azo groups is 1. The van der Waals surface area contributed by atoms with Gasteiger partial charge in [-0.15, -0.1) is 0 Å². The highest BCUT2D eigenvalue weighted by atomic mass is 16.6. The molecule has 10 heteroatoms. The van der Waals surface area contributed by atoms with Crippen LogP contribution in [0.3, 0.4) is 0 Å². The van der Waals surface area contributed by atoms with Gasteiger partial charge in [-0.25, -0.2) is 0 Å². The number of benzene rings is 2. The average Bonchev–Trinajstić information content (AvgIpc) is 3.67. The maximum atomic E-state index is 10.8. The van der Waals surface area contributed by atoms with Gasteiger partial charge in [-0.1, -0.05) is 24.3 Å². The minimum absolute atomic E-state index is 0.0114. The van der Waals surface area contributed by atoms with E-state index in [4.69, 9.17) is 9.47 Å². The molecule has 0 amide bonds. The lowest BCUT2D eigenvalue weighted by Gasteiger charge is -2.25. The van der Waals surface area contributed by atoms with Crippen LogP contribution in [0.15, 0.2) is 130 Å². The largest absolute Gasteiger partial charge is 0.481 e. The van der Waals surface area contributed by atoms with E-state index >= 15 is 0 Å². The zero-order valence-electron chi connectivity index (χ0n) is 20.4. The van der Waals surface area contributed by atoms with Crippen LogP contribution in [0, 0.1) is 10.1 Å². The van der Waals surface area contributed by atoms with E-state index < -0.39 is 4.92 Å². The van der Waals surface area contributed by atoms with Crippen LogP contribution < -0.4 is 4.90 Å². The molecule has 0 bridgehead atoms. The van der Waals surface area contributed by atoms with E-state index in [0.29, 0.717) is 35.6 Å². The van der Waals surface area contributed by atoms with E-state index in [1.54, 1.807) is 36.4 Å².